The van der Waals surface area contributed by atoms with Crippen molar-refractivity contribution in [3.8, 4) is 0 Å². The van der Waals surface area contributed by atoms with Gasteiger partial charge in [-0.25, -0.2) is 0 Å². The largest absolute Gasteiger partial charge is 0.549 e. The second-order valence-corrected chi connectivity index (χ2v) is 6.92. The summed E-state index contributed by atoms with van der Waals surface area (Å²) in [4.78, 5) is 48.5. The highest BCUT2D eigenvalue weighted by Gasteiger charge is 2.21. The van der Waals surface area contributed by atoms with Gasteiger partial charge in [-0.15, -0.1) is 0 Å². The number of carbonyl (C=O) groups excluding carboxylic acids is 3. The highest BCUT2D eigenvalue weighted by molar-refractivity contribution is 5.69. The molecule has 0 bridgehead atoms. The van der Waals surface area contributed by atoms with E-state index in [2.05, 4.69) is 0 Å². The number of nitrogens with one attached hydrogen (secondary N) is 2. The van der Waals surface area contributed by atoms with Crippen molar-refractivity contribution in [2.45, 2.75) is 0 Å². The third-order valence-corrected chi connectivity index (χ3v) is 4.63. The monoisotopic (exact) mass is 403 g/mol. The van der Waals surface area contributed by atoms with Gasteiger partial charge in [-0.05, 0) is 0 Å². The molecular formula is C16H27N4O8-. The molecule has 0 aromatic rings. The van der Waals surface area contributed by atoms with Crippen LogP contribution in [0.2, 0.25) is 0 Å². The van der Waals surface area contributed by atoms with Crippen LogP contribution in [0.15, 0.2) is 0 Å². The lowest BCUT2D eigenvalue weighted by molar-refractivity contribution is -0.898. The minimum Gasteiger partial charge on any atom is -0.549 e. The van der Waals surface area contributed by atoms with Crippen LogP contribution in [0, 0.1) is 0 Å². The molecule has 2 unspecified atom stereocenters. The van der Waals surface area contributed by atoms with Crippen LogP contribution < -0.4 is 25.1 Å². The fourth-order valence-electron chi connectivity index (χ4n) is 3.19. The Morgan fingerprint density at radius 1 is 0.679 bits per heavy atom. The predicted molar refractivity (Wildman–Crippen MR) is 86.7 cm³/mol. The van der Waals surface area contributed by atoms with E-state index >= 15 is 0 Å². The molecule has 160 valence electrons. The first-order valence-corrected chi connectivity index (χ1v) is 9.09. The molecule has 28 heavy (non-hydrogen) atoms. The van der Waals surface area contributed by atoms with Crippen molar-refractivity contribution in [2.24, 2.45) is 0 Å². The van der Waals surface area contributed by atoms with Gasteiger partial charge in [0.1, 0.15) is 13.1 Å². The Morgan fingerprint density at radius 2 is 1.04 bits per heavy atom. The lowest BCUT2D eigenvalue weighted by Gasteiger charge is -2.31. The minimum atomic E-state index is -1.28. The lowest BCUT2D eigenvalue weighted by atomic mass is 10.3. The number of carboxylic acids is 4. The zero-order valence-corrected chi connectivity index (χ0v) is 15.7. The number of hydrogen-bond acceptors (Lipinski definition) is 9. The Morgan fingerprint density at radius 3 is 1.32 bits per heavy atom. The summed E-state index contributed by atoms with van der Waals surface area (Å²) in [5, 5.41) is 42.0. The maximum Gasteiger partial charge on any atom is 0.317 e. The van der Waals surface area contributed by atoms with Gasteiger partial charge in [0.2, 0.25) is 0 Å². The lowest BCUT2D eigenvalue weighted by Crippen LogP contribution is -3.16. The quantitative estimate of drug-likeness (QED) is 0.353. The van der Waals surface area contributed by atoms with Crippen molar-refractivity contribution >= 4 is 23.9 Å². The van der Waals surface area contributed by atoms with Crippen molar-refractivity contribution < 1.29 is 49.4 Å². The summed E-state index contributed by atoms with van der Waals surface area (Å²) < 4.78 is 0. The summed E-state index contributed by atoms with van der Waals surface area (Å²) in [5.41, 5.74) is 0. The molecule has 0 radical (unpaired) electrons. The second-order valence-electron chi connectivity index (χ2n) is 6.92. The molecule has 1 aliphatic rings. The van der Waals surface area contributed by atoms with E-state index in [0.29, 0.717) is 49.1 Å². The van der Waals surface area contributed by atoms with Gasteiger partial charge >= 0.3 is 5.97 Å². The highest BCUT2D eigenvalue weighted by atomic mass is 16.4. The van der Waals surface area contributed by atoms with Gasteiger partial charge in [0, 0.05) is 32.7 Å². The summed E-state index contributed by atoms with van der Waals surface area (Å²) in [6.45, 7) is 1.30. The molecule has 0 saturated carbocycles. The topological polar surface area (TPSA) is 173 Å². The van der Waals surface area contributed by atoms with Gasteiger partial charge in [-0.3, -0.25) is 14.6 Å². The highest BCUT2D eigenvalue weighted by Crippen LogP contribution is 1.88. The number of aliphatic carboxylic acids is 4. The van der Waals surface area contributed by atoms with Crippen LogP contribution in [0.3, 0.4) is 0 Å². The number of carboxylic acid groups (broad SMARTS) is 4. The smallest absolute Gasteiger partial charge is 0.317 e. The van der Waals surface area contributed by atoms with Crippen molar-refractivity contribution in [3.05, 3.63) is 0 Å². The van der Waals surface area contributed by atoms with Gasteiger partial charge < -0.3 is 44.6 Å². The summed E-state index contributed by atoms with van der Waals surface area (Å²) >= 11 is 0. The van der Waals surface area contributed by atoms with Gasteiger partial charge in [0.15, 0.2) is 0 Å². The molecule has 12 nitrogen and oxygen atoms in total. The Balaban J connectivity index is 2.90. The molecule has 12 heteroatoms. The second kappa shape index (κ2) is 12.2. The average Bonchev–Trinajstić information content (AvgIpc) is 2.55. The summed E-state index contributed by atoms with van der Waals surface area (Å²) in [7, 11) is 0. The number of nitrogens with zero attached hydrogens (tertiary/aromatic N) is 2. The van der Waals surface area contributed by atoms with Gasteiger partial charge in [-0.2, -0.15) is 0 Å². The number of hydrogen-bond donors (Lipinski definition) is 3. The number of carbonyl (C=O) groups is 4. The average molecular weight is 403 g/mol. The van der Waals surface area contributed by atoms with E-state index in [4.69, 9.17) is 5.11 Å². The first kappa shape index (κ1) is 23.8. The van der Waals surface area contributed by atoms with Crippen molar-refractivity contribution in [1.29, 1.82) is 0 Å². The maximum absolute atomic E-state index is 11.1. The normalized spacial score (nSPS) is 23.3. The molecule has 0 aliphatic carbocycles. The molecule has 1 rings (SSSR count). The van der Waals surface area contributed by atoms with Crippen LogP contribution in [-0.2, 0) is 19.2 Å². The Labute approximate surface area is 162 Å². The fourth-order valence-corrected chi connectivity index (χ4v) is 3.19. The van der Waals surface area contributed by atoms with Crippen molar-refractivity contribution in [3.63, 3.8) is 0 Å². The summed E-state index contributed by atoms with van der Waals surface area (Å²) in [6, 6.07) is 0. The molecule has 1 saturated heterocycles. The molecule has 0 aromatic carbocycles. The van der Waals surface area contributed by atoms with Crippen molar-refractivity contribution in [1.82, 2.24) is 9.80 Å². The van der Waals surface area contributed by atoms with E-state index in [-0.39, 0.29) is 39.3 Å². The van der Waals surface area contributed by atoms with Crippen LogP contribution >= 0.6 is 0 Å². The van der Waals surface area contributed by atoms with Crippen molar-refractivity contribution in [2.75, 3.05) is 78.5 Å². The van der Waals surface area contributed by atoms with E-state index in [1.54, 1.807) is 9.80 Å². The van der Waals surface area contributed by atoms with E-state index in [1.165, 1.54) is 0 Å². The molecule has 0 spiro atoms. The van der Waals surface area contributed by atoms with E-state index in [0.717, 1.165) is 0 Å². The zero-order chi connectivity index (χ0) is 21.1. The summed E-state index contributed by atoms with van der Waals surface area (Å²) in [5.74, 6) is -4.80. The molecule has 0 aromatic heterocycles. The Kier molecular flexibility index (Phi) is 10.4. The molecular weight excluding hydrogens is 376 g/mol. The third kappa shape index (κ3) is 10.8. The first-order valence-electron chi connectivity index (χ1n) is 9.09. The van der Waals surface area contributed by atoms with Crippen LogP contribution in [0.1, 0.15) is 0 Å². The van der Waals surface area contributed by atoms with Crippen LogP contribution in [-0.4, -0.2) is 117 Å². The SMILES string of the molecule is O=C([O-])CN1CC[NH+](CC(=O)[O-])CCN(CC(=O)O)CC[NH+](CC(=O)[O-])CC1. The summed E-state index contributed by atoms with van der Waals surface area (Å²) in [6.07, 6.45) is 0. The third-order valence-electron chi connectivity index (χ3n) is 4.63. The fraction of sp³-hybridized carbons (Fsp3) is 0.750. The Hall–Kier alpha value is -2.28. The van der Waals surface area contributed by atoms with E-state index in [1.807, 2.05) is 0 Å². The zero-order valence-electron chi connectivity index (χ0n) is 15.7. The minimum absolute atomic E-state index is 0.242. The number of rotatable bonds is 8. The maximum atomic E-state index is 11.1. The molecule has 1 aliphatic heterocycles. The van der Waals surface area contributed by atoms with Crippen LogP contribution in [0.25, 0.3) is 0 Å². The molecule has 0 amide bonds. The van der Waals surface area contributed by atoms with Gasteiger partial charge in [0.25, 0.3) is 0 Å². The number of quaternary nitrogens is 2. The predicted octanol–water partition coefficient (Wildman–Crippen LogP) is -9.29. The first-order chi connectivity index (χ1) is 13.2. The van der Waals surface area contributed by atoms with Gasteiger partial charge in [-0.1, -0.05) is 0 Å². The molecule has 3 N–H and O–H groups in total. The molecule has 1 fully saturated rings. The molecule has 2 atom stereocenters. The van der Waals surface area contributed by atoms with Crippen LogP contribution in [0.4, 0.5) is 0 Å². The molecule has 1 heterocycles. The standard InChI is InChI=1S/C16H28N4O8/c21-13(22)9-17-1-2-18(10-14(23)24)5-6-20(12-16(27)28)8-7-19(4-3-17)11-15(25)26/h1-12H2,(H,21,22)(H,23,24)(H,25,26)(H,27,28)/p-1. The van der Waals surface area contributed by atoms with Gasteiger partial charge in [0.05, 0.1) is 50.6 Å². The van der Waals surface area contributed by atoms with E-state index < -0.39 is 23.9 Å². The van der Waals surface area contributed by atoms with Crippen LogP contribution in [0.5, 0.6) is 0 Å². The van der Waals surface area contributed by atoms with E-state index in [9.17, 15) is 34.5 Å². The Bertz CT molecular complexity index is 447.